The third-order valence-electron chi connectivity index (χ3n) is 6.71. The van der Waals surface area contributed by atoms with Crippen LogP contribution in [0.3, 0.4) is 0 Å². The van der Waals surface area contributed by atoms with Gasteiger partial charge >= 0.3 is 0 Å². The highest BCUT2D eigenvalue weighted by molar-refractivity contribution is 7.80. The lowest BCUT2D eigenvalue weighted by molar-refractivity contribution is -0.117. The van der Waals surface area contributed by atoms with Crippen LogP contribution < -0.4 is 20.4 Å². The number of anilines is 3. The second-order valence-electron chi connectivity index (χ2n) is 9.23. The van der Waals surface area contributed by atoms with Crippen LogP contribution in [-0.4, -0.2) is 30.7 Å². The minimum atomic E-state index is 0.105. The van der Waals surface area contributed by atoms with E-state index >= 15 is 0 Å². The Balaban J connectivity index is 1.32. The molecule has 2 saturated heterocycles. The van der Waals surface area contributed by atoms with Gasteiger partial charge in [0.25, 0.3) is 0 Å². The van der Waals surface area contributed by atoms with Crippen LogP contribution in [-0.2, 0) is 4.79 Å². The average Bonchev–Trinajstić information content (AvgIpc) is 3.20. The molecule has 2 aromatic rings. The van der Waals surface area contributed by atoms with Gasteiger partial charge in [-0.25, -0.2) is 0 Å². The van der Waals surface area contributed by atoms with Gasteiger partial charge in [0.15, 0.2) is 5.11 Å². The Morgan fingerprint density at radius 2 is 1.81 bits per heavy atom. The first-order valence-corrected chi connectivity index (χ1v) is 12.1. The fourth-order valence-corrected chi connectivity index (χ4v) is 4.92. The number of rotatable bonds is 5. The van der Waals surface area contributed by atoms with E-state index in [1.807, 2.05) is 30.0 Å². The highest BCUT2D eigenvalue weighted by atomic mass is 32.1. The molecular weight excluding hydrogens is 416 g/mol. The fourth-order valence-electron chi connectivity index (χ4n) is 4.63. The van der Waals surface area contributed by atoms with Crippen LogP contribution >= 0.6 is 12.2 Å². The highest BCUT2D eigenvalue weighted by Gasteiger charge is 2.23. The number of piperidine rings is 1. The van der Waals surface area contributed by atoms with Crippen molar-refractivity contribution in [2.45, 2.75) is 52.5 Å². The van der Waals surface area contributed by atoms with Crippen molar-refractivity contribution in [2.24, 2.45) is 5.92 Å². The molecule has 2 heterocycles. The van der Waals surface area contributed by atoms with Crippen LogP contribution in [0.5, 0.6) is 0 Å². The van der Waals surface area contributed by atoms with Gasteiger partial charge in [0, 0.05) is 43.1 Å². The molecule has 1 unspecified atom stereocenters. The summed E-state index contributed by atoms with van der Waals surface area (Å²) in [6, 6.07) is 15.0. The maximum Gasteiger partial charge on any atom is 0.227 e. The first kappa shape index (κ1) is 22.6. The largest absolute Gasteiger partial charge is 0.372 e. The first-order valence-electron chi connectivity index (χ1n) is 11.7. The number of amides is 1. The summed E-state index contributed by atoms with van der Waals surface area (Å²) in [7, 11) is 0. The highest BCUT2D eigenvalue weighted by Crippen LogP contribution is 2.28. The molecule has 0 bridgehead atoms. The van der Waals surface area contributed by atoms with Crippen molar-refractivity contribution in [1.82, 2.24) is 5.32 Å². The standard InChI is InChI=1S/C26H34N4OS/c1-18-12-15-29(16-13-18)23-9-6-21(7-10-23)20(3)27-26(32)28-22-8-11-24(19(2)17-22)30-14-4-5-25(30)31/h6-11,17-18,20H,4-5,12-16H2,1-3H3,(H2,27,28,32). The summed E-state index contributed by atoms with van der Waals surface area (Å²) in [5, 5.41) is 7.27. The van der Waals surface area contributed by atoms with Crippen LogP contribution in [0, 0.1) is 12.8 Å². The first-order chi connectivity index (χ1) is 15.4. The van der Waals surface area contributed by atoms with Crippen molar-refractivity contribution in [3.8, 4) is 0 Å². The molecule has 2 N–H and O–H groups in total. The summed E-state index contributed by atoms with van der Waals surface area (Å²) in [6.45, 7) is 9.60. The SMILES string of the molecule is Cc1cc(NC(=S)NC(C)c2ccc(N3CCC(C)CC3)cc2)ccc1N1CCCC1=O. The molecule has 170 valence electrons. The summed E-state index contributed by atoms with van der Waals surface area (Å²) in [5.74, 6) is 1.05. The van der Waals surface area contributed by atoms with E-state index in [1.54, 1.807) is 0 Å². The number of nitrogens with zero attached hydrogens (tertiary/aromatic N) is 2. The van der Waals surface area contributed by atoms with E-state index in [9.17, 15) is 4.79 Å². The molecule has 2 aromatic carbocycles. The molecule has 0 aromatic heterocycles. The zero-order valence-corrected chi connectivity index (χ0v) is 20.2. The number of carbonyl (C=O) groups excluding carboxylic acids is 1. The molecule has 1 atom stereocenters. The maximum atomic E-state index is 12.0. The number of nitrogens with one attached hydrogen (secondary N) is 2. The van der Waals surface area contributed by atoms with Crippen LogP contribution in [0.1, 0.15) is 56.7 Å². The fraction of sp³-hybridized carbons (Fsp3) is 0.462. The summed E-state index contributed by atoms with van der Waals surface area (Å²) in [5.41, 5.74) is 5.51. The molecule has 32 heavy (non-hydrogen) atoms. The third kappa shape index (κ3) is 5.23. The number of hydrogen-bond acceptors (Lipinski definition) is 3. The topological polar surface area (TPSA) is 47.6 Å². The molecule has 6 heteroatoms. The smallest absolute Gasteiger partial charge is 0.227 e. The van der Waals surface area contributed by atoms with E-state index in [0.717, 1.165) is 48.9 Å². The summed E-state index contributed by atoms with van der Waals surface area (Å²) in [6.07, 6.45) is 4.12. The van der Waals surface area contributed by atoms with E-state index in [0.29, 0.717) is 11.5 Å². The second-order valence-corrected chi connectivity index (χ2v) is 9.64. The summed E-state index contributed by atoms with van der Waals surface area (Å²) >= 11 is 5.56. The van der Waals surface area contributed by atoms with Gasteiger partial charge in [-0.1, -0.05) is 19.1 Å². The Morgan fingerprint density at radius 1 is 1.09 bits per heavy atom. The number of thiocarbonyl (C=S) groups is 1. The Morgan fingerprint density at radius 3 is 2.44 bits per heavy atom. The van der Waals surface area contributed by atoms with Gasteiger partial charge in [-0.15, -0.1) is 0 Å². The Kier molecular flexibility index (Phi) is 6.99. The molecule has 0 spiro atoms. The van der Waals surface area contributed by atoms with Crippen molar-refractivity contribution in [3.63, 3.8) is 0 Å². The molecule has 4 rings (SSSR count). The average molecular weight is 451 g/mol. The van der Waals surface area contributed by atoms with Gasteiger partial charge < -0.3 is 20.4 Å². The molecule has 5 nitrogen and oxygen atoms in total. The van der Waals surface area contributed by atoms with Crippen LogP contribution in [0.4, 0.5) is 17.1 Å². The quantitative estimate of drug-likeness (QED) is 0.597. The van der Waals surface area contributed by atoms with Crippen molar-refractivity contribution in [1.29, 1.82) is 0 Å². The monoisotopic (exact) mass is 450 g/mol. The van der Waals surface area contributed by atoms with Gasteiger partial charge in [-0.3, -0.25) is 4.79 Å². The Bertz CT molecular complexity index is 966. The van der Waals surface area contributed by atoms with Crippen molar-refractivity contribution in [3.05, 3.63) is 53.6 Å². The lowest BCUT2D eigenvalue weighted by Crippen LogP contribution is -2.33. The minimum Gasteiger partial charge on any atom is -0.372 e. The number of hydrogen-bond donors (Lipinski definition) is 2. The summed E-state index contributed by atoms with van der Waals surface area (Å²) in [4.78, 5) is 16.4. The molecule has 2 fully saturated rings. The summed E-state index contributed by atoms with van der Waals surface area (Å²) < 4.78 is 0. The molecule has 2 aliphatic rings. The Hall–Kier alpha value is -2.60. The van der Waals surface area contributed by atoms with Gasteiger partial charge in [-0.2, -0.15) is 0 Å². The van der Waals surface area contributed by atoms with Gasteiger partial charge in [0.05, 0.1) is 6.04 Å². The molecule has 1 amide bonds. The maximum absolute atomic E-state index is 12.0. The van der Waals surface area contributed by atoms with Gasteiger partial charge in [0.2, 0.25) is 5.91 Å². The van der Waals surface area contributed by atoms with Crippen LogP contribution in [0.2, 0.25) is 0 Å². The normalized spacial score (nSPS) is 18.0. The lowest BCUT2D eigenvalue weighted by atomic mass is 9.98. The third-order valence-corrected chi connectivity index (χ3v) is 6.93. The van der Waals surface area contributed by atoms with Crippen molar-refractivity contribution < 1.29 is 4.79 Å². The molecule has 2 aliphatic heterocycles. The predicted molar refractivity (Wildman–Crippen MR) is 138 cm³/mol. The van der Waals surface area contributed by atoms with Gasteiger partial charge in [-0.05, 0) is 92.7 Å². The predicted octanol–water partition coefficient (Wildman–Crippen LogP) is 5.41. The zero-order chi connectivity index (χ0) is 22.7. The number of benzene rings is 2. The number of aryl methyl sites for hydroxylation is 1. The van der Waals surface area contributed by atoms with Crippen molar-refractivity contribution >= 4 is 40.3 Å². The Labute approximate surface area is 197 Å². The van der Waals surface area contributed by atoms with E-state index in [-0.39, 0.29) is 11.9 Å². The van der Waals surface area contributed by atoms with E-state index in [4.69, 9.17) is 12.2 Å². The van der Waals surface area contributed by atoms with Crippen molar-refractivity contribution in [2.75, 3.05) is 34.8 Å². The van der Waals surface area contributed by atoms with E-state index < -0.39 is 0 Å². The molecule has 0 radical (unpaired) electrons. The van der Waals surface area contributed by atoms with Crippen LogP contribution in [0.25, 0.3) is 0 Å². The molecular formula is C26H34N4OS. The second kappa shape index (κ2) is 9.90. The van der Waals surface area contributed by atoms with Crippen LogP contribution in [0.15, 0.2) is 42.5 Å². The minimum absolute atomic E-state index is 0.105. The van der Waals surface area contributed by atoms with Gasteiger partial charge in [0.1, 0.15) is 0 Å². The van der Waals surface area contributed by atoms with E-state index in [1.165, 1.54) is 24.1 Å². The van der Waals surface area contributed by atoms with E-state index in [2.05, 4.69) is 53.6 Å². The number of carbonyl (C=O) groups is 1. The lowest BCUT2D eigenvalue weighted by Gasteiger charge is -2.32. The molecule has 0 aliphatic carbocycles. The zero-order valence-electron chi connectivity index (χ0n) is 19.4. The molecule has 0 saturated carbocycles.